The van der Waals surface area contributed by atoms with Crippen LogP contribution in [-0.4, -0.2) is 19.2 Å². The zero-order chi connectivity index (χ0) is 29.4. The minimum Gasteiger partial charge on any atom is -0.303 e. The Morgan fingerprint density at radius 1 is 0.925 bits per heavy atom. The van der Waals surface area contributed by atoms with Gasteiger partial charge in [-0.3, -0.25) is 4.79 Å². The van der Waals surface area contributed by atoms with Crippen molar-refractivity contribution in [1.29, 1.82) is 5.26 Å². The third-order valence-electron chi connectivity index (χ3n) is 6.36. The quantitative estimate of drug-likeness (QED) is 0.252. The highest BCUT2D eigenvalue weighted by atomic mass is 32.2. The van der Waals surface area contributed by atoms with E-state index in [1.807, 2.05) is 6.92 Å². The van der Waals surface area contributed by atoms with Crippen molar-refractivity contribution in [3.63, 3.8) is 0 Å². The fourth-order valence-corrected chi connectivity index (χ4v) is 5.00. The molecule has 0 N–H and O–H groups in total. The van der Waals surface area contributed by atoms with Crippen LogP contribution in [0.25, 0.3) is 22.4 Å². The summed E-state index contributed by atoms with van der Waals surface area (Å²) in [6, 6.07) is 15.3. The number of aryl methyl sites for hydroxylation is 1. The van der Waals surface area contributed by atoms with Crippen molar-refractivity contribution in [2.45, 2.75) is 31.0 Å². The van der Waals surface area contributed by atoms with E-state index in [-0.39, 0.29) is 21.7 Å². The summed E-state index contributed by atoms with van der Waals surface area (Å²) in [5.74, 6) is -1.90. The molecule has 0 fully saturated rings. The van der Waals surface area contributed by atoms with Crippen LogP contribution in [0.4, 0.5) is 22.0 Å². The summed E-state index contributed by atoms with van der Waals surface area (Å²) in [5, 5.41) is 9.40. The Morgan fingerprint density at radius 3 is 2.23 bits per heavy atom. The summed E-state index contributed by atoms with van der Waals surface area (Å²) in [7, 11) is -3.58. The normalized spacial score (nSPS) is 11.8. The van der Waals surface area contributed by atoms with E-state index in [2.05, 4.69) is 0 Å². The molecule has 1 heterocycles. The number of pyridine rings is 1. The van der Waals surface area contributed by atoms with Gasteiger partial charge >= 0.3 is 6.18 Å². The molecule has 0 atom stereocenters. The summed E-state index contributed by atoms with van der Waals surface area (Å²) < 4.78 is 95.0. The molecule has 4 aromatic rings. The van der Waals surface area contributed by atoms with Gasteiger partial charge in [-0.05, 0) is 59.0 Å². The highest BCUT2D eigenvalue weighted by Gasteiger charge is 2.36. The lowest BCUT2D eigenvalue weighted by Gasteiger charge is -2.18. The maximum absolute atomic E-state index is 14.5. The number of hydrogen-bond acceptors (Lipinski definition) is 4. The number of benzene rings is 3. The van der Waals surface area contributed by atoms with Crippen molar-refractivity contribution in [2.24, 2.45) is 0 Å². The summed E-state index contributed by atoms with van der Waals surface area (Å²) in [5.41, 5.74) is -2.61. The molecule has 0 aliphatic heterocycles. The van der Waals surface area contributed by atoms with E-state index < -0.39 is 50.9 Å². The zero-order valence-electron chi connectivity index (χ0n) is 21.2. The van der Waals surface area contributed by atoms with Gasteiger partial charge in [-0.25, -0.2) is 17.2 Å². The van der Waals surface area contributed by atoms with Gasteiger partial charge in [0.2, 0.25) is 0 Å². The Bertz CT molecular complexity index is 1840. The molecular formula is C29H21F5N2O3S. The largest absolute Gasteiger partial charge is 0.417 e. The predicted octanol–water partition coefficient (Wildman–Crippen LogP) is 6.37. The van der Waals surface area contributed by atoms with Gasteiger partial charge in [-0.2, -0.15) is 18.4 Å². The number of sulfone groups is 1. The lowest BCUT2D eigenvalue weighted by molar-refractivity contribution is -0.137. The first kappa shape index (κ1) is 28.7. The lowest BCUT2D eigenvalue weighted by Crippen LogP contribution is -2.29. The van der Waals surface area contributed by atoms with E-state index in [4.69, 9.17) is 0 Å². The van der Waals surface area contributed by atoms with Gasteiger partial charge in [0.15, 0.2) is 9.84 Å². The minimum absolute atomic E-state index is 0.0636. The predicted molar refractivity (Wildman–Crippen MR) is 139 cm³/mol. The Morgan fingerprint density at radius 2 is 1.62 bits per heavy atom. The van der Waals surface area contributed by atoms with E-state index >= 15 is 0 Å². The van der Waals surface area contributed by atoms with Crippen LogP contribution in [0.1, 0.15) is 29.2 Å². The first-order chi connectivity index (χ1) is 18.7. The van der Waals surface area contributed by atoms with Crippen LogP contribution in [0.2, 0.25) is 0 Å². The average Bonchev–Trinajstić information content (AvgIpc) is 2.89. The molecule has 0 amide bonds. The number of hydrogen-bond donors (Lipinski definition) is 0. The molecule has 0 aliphatic carbocycles. The molecule has 0 saturated heterocycles. The molecule has 0 bridgehead atoms. The molecule has 3 aromatic carbocycles. The molecule has 1 aromatic heterocycles. The van der Waals surface area contributed by atoms with Crippen molar-refractivity contribution in [2.75, 3.05) is 6.26 Å². The summed E-state index contributed by atoms with van der Waals surface area (Å²) >= 11 is 0. The van der Waals surface area contributed by atoms with E-state index in [1.54, 1.807) is 12.1 Å². The number of aromatic nitrogens is 1. The van der Waals surface area contributed by atoms with Crippen LogP contribution in [0.3, 0.4) is 0 Å². The first-order valence-corrected chi connectivity index (χ1v) is 13.8. The second-order valence-corrected chi connectivity index (χ2v) is 11.1. The molecule has 11 heteroatoms. The van der Waals surface area contributed by atoms with E-state index in [0.29, 0.717) is 35.2 Å². The fraction of sp³-hybridized carbons (Fsp3) is 0.172. The zero-order valence-corrected chi connectivity index (χ0v) is 22.0. The van der Waals surface area contributed by atoms with Crippen LogP contribution >= 0.6 is 0 Å². The van der Waals surface area contributed by atoms with Gasteiger partial charge in [0, 0.05) is 17.9 Å². The summed E-state index contributed by atoms with van der Waals surface area (Å²) in [6.07, 6.45) is -3.47. The average molecular weight is 573 g/mol. The van der Waals surface area contributed by atoms with Gasteiger partial charge in [-0.1, -0.05) is 37.3 Å². The van der Waals surface area contributed by atoms with Crippen LogP contribution in [0.5, 0.6) is 0 Å². The standard InChI is InChI=1S/C29H21F5N2O3S/c1-3-17-9-21(12-23(10-17)40(2,38)39)18-5-4-6-19(11-18)27-14-25(29(32,33)34)24(15-35)28(37)36(27)16-20-7-8-22(30)13-26(20)31/h4-14H,3,16H2,1-2H3. The molecule has 40 heavy (non-hydrogen) atoms. The van der Waals surface area contributed by atoms with Crippen molar-refractivity contribution < 1.29 is 30.4 Å². The fourth-order valence-electron chi connectivity index (χ4n) is 4.30. The second kappa shape index (κ2) is 10.7. The molecule has 4 rings (SSSR count). The number of nitriles is 1. The third kappa shape index (κ3) is 5.82. The Hall–Kier alpha value is -4.30. The number of rotatable bonds is 6. The van der Waals surface area contributed by atoms with Gasteiger partial charge in [0.05, 0.1) is 22.7 Å². The molecule has 0 aliphatic rings. The molecular weight excluding hydrogens is 551 g/mol. The first-order valence-electron chi connectivity index (χ1n) is 11.9. The molecule has 0 spiro atoms. The summed E-state index contributed by atoms with van der Waals surface area (Å²) in [6.45, 7) is 1.26. The third-order valence-corrected chi connectivity index (χ3v) is 7.45. The van der Waals surface area contributed by atoms with E-state index in [9.17, 15) is 40.4 Å². The van der Waals surface area contributed by atoms with Gasteiger partial charge < -0.3 is 4.57 Å². The molecule has 0 saturated carbocycles. The topological polar surface area (TPSA) is 79.9 Å². The van der Waals surface area contributed by atoms with Gasteiger partial charge in [0.1, 0.15) is 23.3 Å². The monoisotopic (exact) mass is 572 g/mol. The SMILES string of the molecule is CCc1cc(-c2cccc(-c3cc(C(F)(F)F)c(C#N)c(=O)n3Cc3ccc(F)cc3F)c2)cc(S(C)(=O)=O)c1. The van der Waals surface area contributed by atoms with Crippen LogP contribution in [-0.2, 0) is 29.0 Å². The lowest BCUT2D eigenvalue weighted by atomic mass is 9.97. The molecule has 0 unspecified atom stereocenters. The van der Waals surface area contributed by atoms with Crippen molar-refractivity contribution in [3.8, 4) is 28.5 Å². The Kier molecular flexibility index (Phi) is 7.67. The van der Waals surface area contributed by atoms with Gasteiger partial charge in [-0.15, -0.1) is 0 Å². The Balaban J connectivity index is 1.99. The van der Waals surface area contributed by atoms with Crippen LogP contribution in [0, 0.1) is 23.0 Å². The van der Waals surface area contributed by atoms with Crippen molar-refractivity contribution in [1.82, 2.24) is 4.57 Å². The highest BCUT2D eigenvalue weighted by Crippen LogP contribution is 2.35. The maximum atomic E-state index is 14.5. The number of nitrogens with zero attached hydrogens (tertiary/aromatic N) is 2. The smallest absolute Gasteiger partial charge is 0.303 e. The van der Waals surface area contributed by atoms with Crippen LogP contribution in [0.15, 0.2) is 76.4 Å². The van der Waals surface area contributed by atoms with Crippen LogP contribution < -0.4 is 5.56 Å². The summed E-state index contributed by atoms with van der Waals surface area (Å²) in [4.78, 5) is 13.3. The van der Waals surface area contributed by atoms with E-state index in [0.717, 1.165) is 23.0 Å². The molecule has 5 nitrogen and oxygen atoms in total. The second-order valence-electron chi connectivity index (χ2n) is 9.13. The maximum Gasteiger partial charge on any atom is 0.417 e. The molecule has 206 valence electrons. The number of alkyl halides is 3. The van der Waals surface area contributed by atoms with E-state index in [1.165, 1.54) is 36.4 Å². The molecule has 0 radical (unpaired) electrons. The number of halogens is 5. The minimum atomic E-state index is -5.04. The van der Waals surface area contributed by atoms with Gasteiger partial charge in [0.25, 0.3) is 5.56 Å². The van der Waals surface area contributed by atoms with Crippen molar-refractivity contribution in [3.05, 3.63) is 111 Å². The van der Waals surface area contributed by atoms with Crippen molar-refractivity contribution >= 4 is 9.84 Å². The highest BCUT2D eigenvalue weighted by molar-refractivity contribution is 7.90. The Labute approximate surface area is 226 Å².